The van der Waals surface area contributed by atoms with Gasteiger partial charge in [-0.15, -0.1) is 0 Å². The summed E-state index contributed by atoms with van der Waals surface area (Å²) in [5.74, 6) is 0.653. The van der Waals surface area contributed by atoms with Gasteiger partial charge in [0.05, 0.1) is 0 Å². The molecule has 2 rings (SSSR count). The quantitative estimate of drug-likeness (QED) is 0.845. The fraction of sp³-hybridized carbons (Fsp3) is 0.632. The lowest BCUT2D eigenvalue weighted by molar-refractivity contribution is 0.0615. The van der Waals surface area contributed by atoms with Gasteiger partial charge < -0.3 is 9.80 Å². The van der Waals surface area contributed by atoms with Gasteiger partial charge in [-0.1, -0.05) is 26.0 Å². The zero-order chi connectivity index (χ0) is 16.3. The molecule has 0 saturated carbocycles. The van der Waals surface area contributed by atoms with Crippen LogP contribution in [0.1, 0.15) is 62.4 Å². The molecule has 0 aromatic heterocycles. The van der Waals surface area contributed by atoms with Crippen molar-refractivity contribution in [1.29, 1.82) is 0 Å². The number of hydrogen-bond donors (Lipinski definition) is 0. The van der Waals surface area contributed by atoms with Crippen LogP contribution in [0.3, 0.4) is 0 Å². The van der Waals surface area contributed by atoms with Crippen molar-refractivity contribution in [1.82, 2.24) is 9.80 Å². The second-order valence-electron chi connectivity index (χ2n) is 7.05. The molecule has 3 heteroatoms. The maximum Gasteiger partial charge on any atom is 0.253 e. The normalized spacial score (nSPS) is 17.2. The van der Waals surface area contributed by atoms with Crippen LogP contribution in [0, 0.1) is 0 Å². The number of benzene rings is 1. The van der Waals surface area contributed by atoms with E-state index in [1.807, 2.05) is 24.1 Å². The second kappa shape index (κ2) is 7.28. The van der Waals surface area contributed by atoms with E-state index in [-0.39, 0.29) is 5.91 Å². The molecule has 0 spiro atoms. The van der Waals surface area contributed by atoms with Gasteiger partial charge in [-0.2, -0.15) is 0 Å². The van der Waals surface area contributed by atoms with Gasteiger partial charge in [-0.05, 0) is 50.3 Å². The van der Waals surface area contributed by atoms with Crippen LogP contribution in [-0.2, 0) is 0 Å². The minimum absolute atomic E-state index is 0.151. The predicted molar refractivity (Wildman–Crippen MR) is 92.4 cm³/mol. The SMILES string of the molecule is CC(C)c1ccc(C(=O)N(C)C2CCN(C(C)C)CC2)cc1. The molecule has 0 aliphatic carbocycles. The Bertz CT molecular complexity index is 485. The molecule has 0 unspecified atom stereocenters. The summed E-state index contributed by atoms with van der Waals surface area (Å²) in [5.41, 5.74) is 2.09. The summed E-state index contributed by atoms with van der Waals surface area (Å²) >= 11 is 0. The average molecular weight is 302 g/mol. The minimum Gasteiger partial charge on any atom is -0.339 e. The summed E-state index contributed by atoms with van der Waals surface area (Å²) in [6, 6.07) is 9.06. The number of rotatable bonds is 4. The van der Waals surface area contributed by atoms with E-state index in [0.717, 1.165) is 31.5 Å². The zero-order valence-electron chi connectivity index (χ0n) is 14.7. The number of amides is 1. The number of carbonyl (C=O) groups is 1. The Balaban J connectivity index is 1.97. The molecule has 1 amide bonds. The number of hydrogen-bond acceptors (Lipinski definition) is 2. The number of piperidine rings is 1. The molecule has 1 aromatic carbocycles. The highest BCUT2D eigenvalue weighted by Gasteiger charge is 2.26. The Morgan fingerprint density at radius 2 is 1.64 bits per heavy atom. The Labute approximate surface area is 135 Å². The summed E-state index contributed by atoms with van der Waals surface area (Å²) in [7, 11) is 1.95. The Kier molecular flexibility index (Phi) is 5.63. The lowest BCUT2D eigenvalue weighted by Crippen LogP contribution is -2.47. The van der Waals surface area contributed by atoms with Gasteiger partial charge in [0.25, 0.3) is 5.91 Å². The fourth-order valence-electron chi connectivity index (χ4n) is 3.17. The van der Waals surface area contributed by atoms with Crippen molar-refractivity contribution >= 4 is 5.91 Å². The van der Waals surface area contributed by atoms with Crippen LogP contribution in [0.25, 0.3) is 0 Å². The van der Waals surface area contributed by atoms with Crippen molar-refractivity contribution in [2.24, 2.45) is 0 Å². The van der Waals surface area contributed by atoms with Crippen molar-refractivity contribution in [3.05, 3.63) is 35.4 Å². The Morgan fingerprint density at radius 1 is 1.09 bits per heavy atom. The largest absolute Gasteiger partial charge is 0.339 e. The molecule has 0 atom stereocenters. The summed E-state index contributed by atoms with van der Waals surface area (Å²) in [6.07, 6.45) is 2.15. The molecule has 0 N–H and O–H groups in total. The molecule has 0 radical (unpaired) electrons. The first kappa shape index (κ1) is 17.0. The third-order valence-corrected chi connectivity index (χ3v) is 4.92. The van der Waals surface area contributed by atoms with Gasteiger partial charge >= 0.3 is 0 Å². The summed E-state index contributed by atoms with van der Waals surface area (Å²) in [4.78, 5) is 17.1. The highest BCUT2D eigenvalue weighted by molar-refractivity contribution is 5.94. The Morgan fingerprint density at radius 3 is 2.09 bits per heavy atom. The summed E-state index contributed by atoms with van der Waals surface area (Å²) < 4.78 is 0. The van der Waals surface area contributed by atoms with E-state index in [0.29, 0.717) is 18.0 Å². The lowest BCUT2D eigenvalue weighted by atomic mass is 9.99. The molecule has 1 aliphatic rings. The van der Waals surface area contributed by atoms with Gasteiger partial charge in [0, 0.05) is 37.8 Å². The van der Waals surface area contributed by atoms with Crippen molar-refractivity contribution in [3.8, 4) is 0 Å². The van der Waals surface area contributed by atoms with Crippen LogP contribution in [0.15, 0.2) is 24.3 Å². The van der Waals surface area contributed by atoms with Gasteiger partial charge in [0.1, 0.15) is 0 Å². The van der Waals surface area contributed by atoms with Gasteiger partial charge in [0.15, 0.2) is 0 Å². The van der Waals surface area contributed by atoms with Crippen molar-refractivity contribution in [2.75, 3.05) is 20.1 Å². The first-order valence-corrected chi connectivity index (χ1v) is 8.51. The fourth-order valence-corrected chi connectivity index (χ4v) is 3.17. The molecular formula is C19H30N2O. The highest BCUT2D eigenvalue weighted by Crippen LogP contribution is 2.20. The van der Waals surface area contributed by atoms with Crippen molar-refractivity contribution in [3.63, 3.8) is 0 Å². The molecule has 0 bridgehead atoms. The first-order valence-electron chi connectivity index (χ1n) is 8.51. The van der Waals surface area contributed by atoms with Crippen LogP contribution < -0.4 is 0 Å². The van der Waals surface area contributed by atoms with Crippen LogP contribution in [0.2, 0.25) is 0 Å². The van der Waals surface area contributed by atoms with Gasteiger partial charge in [0.2, 0.25) is 0 Å². The Hall–Kier alpha value is -1.35. The van der Waals surface area contributed by atoms with E-state index in [1.165, 1.54) is 5.56 Å². The molecule has 1 heterocycles. The topological polar surface area (TPSA) is 23.6 Å². The van der Waals surface area contributed by atoms with E-state index in [9.17, 15) is 4.79 Å². The van der Waals surface area contributed by atoms with Crippen molar-refractivity contribution < 1.29 is 4.79 Å². The van der Waals surface area contributed by atoms with E-state index in [4.69, 9.17) is 0 Å². The van der Waals surface area contributed by atoms with Gasteiger partial charge in [-0.3, -0.25) is 4.79 Å². The third-order valence-electron chi connectivity index (χ3n) is 4.92. The molecule has 1 aromatic rings. The van der Waals surface area contributed by atoms with Crippen LogP contribution in [0.5, 0.6) is 0 Å². The van der Waals surface area contributed by atoms with E-state index >= 15 is 0 Å². The molecule has 22 heavy (non-hydrogen) atoms. The van der Waals surface area contributed by atoms with Crippen LogP contribution >= 0.6 is 0 Å². The molecule has 1 saturated heterocycles. The summed E-state index contributed by atoms with van der Waals surface area (Å²) in [5, 5.41) is 0. The van der Waals surface area contributed by atoms with E-state index in [2.05, 4.69) is 44.7 Å². The first-order chi connectivity index (χ1) is 10.4. The molecular weight excluding hydrogens is 272 g/mol. The maximum atomic E-state index is 12.7. The second-order valence-corrected chi connectivity index (χ2v) is 7.05. The molecule has 3 nitrogen and oxygen atoms in total. The zero-order valence-corrected chi connectivity index (χ0v) is 14.7. The highest BCUT2D eigenvalue weighted by atomic mass is 16.2. The number of likely N-dealkylation sites (tertiary alicyclic amines) is 1. The predicted octanol–water partition coefficient (Wildman–Crippen LogP) is 3.75. The van der Waals surface area contributed by atoms with Crippen LogP contribution in [-0.4, -0.2) is 47.9 Å². The monoisotopic (exact) mass is 302 g/mol. The maximum absolute atomic E-state index is 12.7. The molecule has 1 aliphatic heterocycles. The summed E-state index contributed by atoms with van der Waals surface area (Å²) in [6.45, 7) is 11.0. The van der Waals surface area contributed by atoms with Gasteiger partial charge in [-0.25, -0.2) is 0 Å². The van der Waals surface area contributed by atoms with Crippen molar-refractivity contribution in [2.45, 2.75) is 58.5 Å². The third kappa shape index (κ3) is 3.89. The smallest absolute Gasteiger partial charge is 0.253 e. The number of carbonyl (C=O) groups excluding carboxylic acids is 1. The minimum atomic E-state index is 0.151. The molecule has 1 fully saturated rings. The standard InChI is InChI=1S/C19H30N2O/c1-14(2)16-6-8-17(9-7-16)19(22)20(5)18-10-12-21(13-11-18)15(3)4/h6-9,14-15,18H,10-13H2,1-5H3. The van der Waals surface area contributed by atoms with E-state index in [1.54, 1.807) is 0 Å². The lowest BCUT2D eigenvalue weighted by Gasteiger charge is -2.38. The average Bonchev–Trinajstić information content (AvgIpc) is 2.53. The van der Waals surface area contributed by atoms with Crippen LogP contribution in [0.4, 0.5) is 0 Å². The van der Waals surface area contributed by atoms with E-state index < -0.39 is 0 Å². The number of nitrogens with zero attached hydrogens (tertiary/aromatic N) is 2. The molecule has 122 valence electrons.